The Balaban J connectivity index is 2.95. The van der Waals surface area contributed by atoms with Crippen molar-refractivity contribution in [2.24, 2.45) is 0 Å². The molecule has 0 spiro atoms. The van der Waals surface area contributed by atoms with Crippen molar-refractivity contribution < 1.29 is 13.2 Å². The first-order valence-electron chi connectivity index (χ1n) is 4.54. The standard InChI is InChI=1S/C11H9ClO3S/c1-15-10-7-6-8-4-2-3-5-9(8)11(10)16(12,13)14/h2-7H,1H3. The average Bonchev–Trinajstić information content (AvgIpc) is 2.26. The van der Waals surface area contributed by atoms with Crippen LogP contribution in [0.4, 0.5) is 0 Å². The molecule has 2 rings (SSSR count). The Bertz CT molecular complexity index is 635. The van der Waals surface area contributed by atoms with Crippen molar-refractivity contribution in [2.45, 2.75) is 4.90 Å². The summed E-state index contributed by atoms with van der Waals surface area (Å²) in [6.45, 7) is 0. The fraction of sp³-hybridized carbons (Fsp3) is 0.0909. The van der Waals surface area contributed by atoms with Gasteiger partial charge in [0, 0.05) is 16.1 Å². The lowest BCUT2D eigenvalue weighted by Gasteiger charge is -2.08. The SMILES string of the molecule is COc1ccc2ccccc2c1S(=O)(=O)Cl. The van der Waals surface area contributed by atoms with Crippen LogP contribution in [0, 0.1) is 0 Å². The molecular weight excluding hydrogens is 248 g/mol. The van der Waals surface area contributed by atoms with Crippen molar-refractivity contribution in [1.82, 2.24) is 0 Å². The third-order valence-electron chi connectivity index (χ3n) is 2.31. The van der Waals surface area contributed by atoms with Crippen LogP contribution >= 0.6 is 10.7 Å². The predicted octanol–water partition coefficient (Wildman–Crippen LogP) is 2.78. The van der Waals surface area contributed by atoms with E-state index in [9.17, 15) is 8.42 Å². The van der Waals surface area contributed by atoms with Crippen LogP contribution in [0.5, 0.6) is 5.75 Å². The number of ether oxygens (including phenoxy) is 1. The molecule has 0 aliphatic heterocycles. The zero-order valence-corrected chi connectivity index (χ0v) is 10.0. The highest BCUT2D eigenvalue weighted by Crippen LogP contribution is 2.34. The molecule has 3 nitrogen and oxygen atoms in total. The number of fused-ring (bicyclic) bond motifs is 1. The van der Waals surface area contributed by atoms with Gasteiger partial charge >= 0.3 is 0 Å². The summed E-state index contributed by atoms with van der Waals surface area (Å²) in [5, 5.41) is 1.37. The minimum absolute atomic E-state index is 0.0229. The van der Waals surface area contributed by atoms with Gasteiger partial charge in [-0.2, -0.15) is 0 Å². The molecule has 0 aromatic heterocycles. The van der Waals surface area contributed by atoms with Gasteiger partial charge in [-0.05, 0) is 11.5 Å². The molecule has 0 atom stereocenters. The zero-order valence-electron chi connectivity index (χ0n) is 8.48. The van der Waals surface area contributed by atoms with Crippen LogP contribution in [0.25, 0.3) is 10.8 Å². The van der Waals surface area contributed by atoms with E-state index in [1.807, 2.05) is 12.1 Å². The molecule has 0 saturated heterocycles. The lowest BCUT2D eigenvalue weighted by Crippen LogP contribution is -1.97. The first kappa shape index (κ1) is 11.2. The van der Waals surface area contributed by atoms with Crippen molar-refractivity contribution >= 4 is 30.5 Å². The Hall–Kier alpha value is -1.26. The lowest BCUT2D eigenvalue weighted by atomic mass is 10.1. The second-order valence-electron chi connectivity index (χ2n) is 3.26. The molecule has 0 unspecified atom stereocenters. The van der Waals surface area contributed by atoms with Crippen molar-refractivity contribution in [3.05, 3.63) is 36.4 Å². The fourth-order valence-electron chi connectivity index (χ4n) is 1.64. The Labute approximate surface area is 98.0 Å². The summed E-state index contributed by atoms with van der Waals surface area (Å²) in [6.07, 6.45) is 0. The third kappa shape index (κ3) is 1.86. The van der Waals surface area contributed by atoms with Gasteiger partial charge in [0.2, 0.25) is 0 Å². The highest BCUT2D eigenvalue weighted by Gasteiger charge is 2.19. The van der Waals surface area contributed by atoms with E-state index in [0.717, 1.165) is 5.39 Å². The molecule has 2 aromatic carbocycles. The highest BCUT2D eigenvalue weighted by molar-refractivity contribution is 8.14. The maximum atomic E-state index is 11.5. The maximum Gasteiger partial charge on any atom is 0.265 e. The second-order valence-corrected chi connectivity index (χ2v) is 5.76. The summed E-state index contributed by atoms with van der Waals surface area (Å²) < 4.78 is 28.0. The monoisotopic (exact) mass is 256 g/mol. The van der Waals surface area contributed by atoms with Crippen LogP contribution in [0.3, 0.4) is 0 Å². The van der Waals surface area contributed by atoms with Crippen molar-refractivity contribution in [2.75, 3.05) is 7.11 Å². The summed E-state index contributed by atoms with van der Waals surface area (Å²) in [4.78, 5) is 0.0229. The molecule has 0 N–H and O–H groups in total. The molecule has 0 aliphatic rings. The maximum absolute atomic E-state index is 11.5. The minimum atomic E-state index is -3.82. The summed E-state index contributed by atoms with van der Waals surface area (Å²) in [5.41, 5.74) is 0. The lowest BCUT2D eigenvalue weighted by molar-refractivity contribution is 0.404. The van der Waals surface area contributed by atoms with Crippen molar-refractivity contribution in [3.63, 3.8) is 0 Å². The van der Waals surface area contributed by atoms with Gasteiger partial charge in [0.1, 0.15) is 10.6 Å². The predicted molar refractivity (Wildman–Crippen MR) is 63.5 cm³/mol. The van der Waals surface area contributed by atoms with E-state index in [4.69, 9.17) is 15.4 Å². The average molecular weight is 257 g/mol. The van der Waals surface area contributed by atoms with Crippen molar-refractivity contribution in [3.8, 4) is 5.75 Å². The van der Waals surface area contributed by atoms with E-state index in [2.05, 4.69) is 0 Å². The number of hydrogen-bond donors (Lipinski definition) is 0. The van der Waals surface area contributed by atoms with E-state index in [-0.39, 0.29) is 10.6 Å². The Morgan fingerprint density at radius 1 is 1.12 bits per heavy atom. The van der Waals surface area contributed by atoms with Crippen LogP contribution in [-0.4, -0.2) is 15.5 Å². The number of benzene rings is 2. The van der Waals surface area contributed by atoms with Gasteiger partial charge in [0.25, 0.3) is 9.05 Å². The van der Waals surface area contributed by atoms with Crippen LogP contribution in [0.15, 0.2) is 41.3 Å². The van der Waals surface area contributed by atoms with Crippen LogP contribution < -0.4 is 4.74 Å². The zero-order chi connectivity index (χ0) is 11.8. The number of halogens is 1. The van der Waals surface area contributed by atoms with Gasteiger partial charge in [-0.15, -0.1) is 0 Å². The third-order valence-corrected chi connectivity index (χ3v) is 3.68. The summed E-state index contributed by atoms with van der Waals surface area (Å²) in [7, 11) is 3.00. The number of rotatable bonds is 2. The quantitative estimate of drug-likeness (QED) is 0.776. The van der Waals surface area contributed by atoms with Gasteiger partial charge in [-0.25, -0.2) is 8.42 Å². The minimum Gasteiger partial charge on any atom is -0.495 e. The van der Waals surface area contributed by atoms with Crippen LogP contribution in [-0.2, 0) is 9.05 Å². The Kier molecular flexibility index (Phi) is 2.78. The van der Waals surface area contributed by atoms with E-state index in [1.54, 1.807) is 24.3 Å². The largest absolute Gasteiger partial charge is 0.495 e. The van der Waals surface area contributed by atoms with E-state index >= 15 is 0 Å². The molecule has 0 bridgehead atoms. The molecule has 16 heavy (non-hydrogen) atoms. The van der Waals surface area contributed by atoms with Gasteiger partial charge in [-0.1, -0.05) is 30.3 Å². The molecule has 84 valence electrons. The summed E-state index contributed by atoms with van der Waals surface area (Å²) >= 11 is 0. The van der Waals surface area contributed by atoms with Crippen LogP contribution in [0.2, 0.25) is 0 Å². The summed E-state index contributed by atoms with van der Waals surface area (Å²) in [6, 6.07) is 10.5. The van der Waals surface area contributed by atoms with Gasteiger partial charge in [-0.3, -0.25) is 0 Å². The number of hydrogen-bond acceptors (Lipinski definition) is 3. The molecule has 0 radical (unpaired) electrons. The first-order chi connectivity index (χ1) is 7.54. The number of methoxy groups -OCH3 is 1. The van der Waals surface area contributed by atoms with Gasteiger partial charge in [0.15, 0.2) is 0 Å². The van der Waals surface area contributed by atoms with Gasteiger partial charge in [0.05, 0.1) is 7.11 Å². The Morgan fingerprint density at radius 3 is 2.44 bits per heavy atom. The topological polar surface area (TPSA) is 43.4 Å². The first-order valence-corrected chi connectivity index (χ1v) is 6.85. The highest BCUT2D eigenvalue weighted by atomic mass is 35.7. The summed E-state index contributed by atoms with van der Waals surface area (Å²) in [5.74, 6) is 0.258. The molecule has 5 heteroatoms. The van der Waals surface area contributed by atoms with Crippen molar-refractivity contribution in [1.29, 1.82) is 0 Å². The molecule has 0 heterocycles. The molecule has 0 amide bonds. The normalized spacial score (nSPS) is 11.6. The smallest absolute Gasteiger partial charge is 0.265 e. The molecule has 0 aliphatic carbocycles. The fourth-order valence-corrected chi connectivity index (χ4v) is 2.95. The van der Waals surface area contributed by atoms with E-state index in [0.29, 0.717) is 5.39 Å². The van der Waals surface area contributed by atoms with E-state index in [1.165, 1.54) is 7.11 Å². The van der Waals surface area contributed by atoms with Gasteiger partial charge < -0.3 is 4.74 Å². The molecule has 0 saturated carbocycles. The van der Waals surface area contributed by atoms with Crippen LogP contribution in [0.1, 0.15) is 0 Å². The molecule has 2 aromatic rings. The Morgan fingerprint density at radius 2 is 1.81 bits per heavy atom. The molecule has 0 fully saturated rings. The van der Waals surface area contributed by atoms with E-state index < -0.39 is 9.05 Å². The second kappa shape index (κ2) is 3.96. The molecular formula is C11H9ClO3S.